The fraction of sp³-hybridized carbons (Fsp3) is 0.704. The summed E-state index contributed by atoms with van der Waals surface area (Å²) in [5.74, 6) is -7.75. The molecule has 16 heteroatoms. The minimum Gasteiger partial charge on any atom is -0.481 e. The van der Waals surface area contributed by atoms with Crippen LogP contribution in [-0.4, -0.2) is 106 Å². The summed E-state index contributed by atoms with van der Waals surface area (Å²) in [5.41, 5.74) is 0. The Morgan fingerprint density at radius 1 is 0.930 bits per heavy atom. The van der Waals surface area contributed by atoms with Crippen LogP contribution in [-0.2, 0) is 38.3 Å². The highest BCUT2D eigenvalue weighted by Gasteiger charge is 2.40. The van der Waals surface area contributed by atoms with E-state index in [1.807, 2.05) is 24.5 Å². The van der Waals surface area contributed by atoms with Crippen LogP contribution >= 0.6 is 0 Å². The van der Waals surface area contributed by atoms with E-state index in [1.54, 1.807) is 20.8 Å². The lowest BCUT2D eigenvalue weighted by molar-refractivity contribution is -0.147. The number of ether oxygens (including phenoxy) is 1. The second-order valence-electron chi connectivity index (χ2n) is 11.0. The molecule has 1 aliphatic rings. The number of alkyl carbamates (subject to hydrolysis) is 1. The van der Waals surface area contributed by atoms with Crippen molar-refractivity contribution in [3.05, 3.63) is 0 Å². The van der Waals surface area contributed by atoms with E-state index in [-0.39, 0.29) is 31.4 Å². The van der Waals surface area contributed by atoms with Gasteiger partial charge in [-0.25, -0.2) is 9.59 Å². The molecule has 16 nitrogen and oxygen atoms in total. The maximum Gasteiger partial charge on any atom is 0.407 e. The van der Waals surface area contributed by atoms with Crippen molar-refractivity contribution in [2.75, 3.05) is 19.7 Å². The third-order valence-corrected chi connectivity index (χ3v) is 6.45. The Morgan fingerprint density at radius 2 is 1.58 bits per heavy atom. The summed E-state index contributed by atoms with van der Waals surface area (Å²) in [4.78, 5) is 99.4. The number of carbonyl (C=O) groups excluding carboxylic acids is 6. The molecular weight excluding hydrogens is 570 g/mol. The van der Waals surface area contributed by atoms with Crippen LogP contribution in [0, 0.1) is 11.8 Å². The van der Waals surface area contributed by atoms with E-state index in [9.17, 15) is 38.4 Å². The van der Waals surface area contributed by atoms with Gasteiger partial charge in [-0.05, 0) is 31.1 Å². The van der Waals surface area contributed by atoms with E-state index in [4.69, 9.17) is 14.9 Å². The van der Waals surface area contributed by atoms with Crippen LogP contribution < -0.4 is 21.3 Å². The highest BCUT2D eigenvalue weighted by atomic mass is 16.5. The molecule has 0 aliphatic carbocycles. The molecular formula is C27H43N5O11. The van der Waals surface area contributed by atoms with Gasteiger partial charge in [0, 0.05) is 6.54 Å². The van der Waals surface area contributed by atoms with Crippen molar-refractivity contribution in [1.29, 1.82) is 0 Å². The smallest absolute Gasteiger partial charge is 0.407 e. The summed E-state index contributed by atoms with van der Waals surface area (Å²) < 4.78 is 5.13. The highest BCUT2D eigenvalue weighted by molar-refractivity contribution is 6.38. The van der Waals surface area contributed by atoms with Gasteiger partial charge in [0.25, 0.3) is 5.91 Å². The molecule has 5 amide bonds. The van der Waals surface area contributed by atoms with E-state index < -0.39 is 84.6 Å². The number of carboxylic acids is 2. The van der Waals surface area contributed by atoms with Gasteiger partial charge in [-0.15, -0.1) is 0 Å². The molecule has 4 atom stereocenters. The van der Waals surface area contributed by atoms with E-state index in [0.717, 1.165) is 0 Å². The third-order valence-electron chi connectivity index (χ3n) is 6.45. The molecule has 0 spiro atoms. The van der Waals surface area contributed by atoms with Gasteiger partial charge in [-0.1, -0.05) is 41.0 Å². The zero-order chi connectivity index (χ0) is 32.9. The number of amides is 5. The first-order valence-electron chi connectivity index (χ1n) is 14.2. The van der Waals surface area contributed by atoms with Gasteiger partial charge in [-0.3, -0.25) is 28.8 Å². The quantitative estimate of drug-likeness (QED) is 0.113. The van der Waals surface area contributed by atoms with Crippen LogP contribution in [0.1, 0.15) is 66.7 Å². The SMILES string of the molecule is CCCC(NC(=O)C1CCCN1C(=O)[C@@H](NC(=O)OCC(C)C)C(C)C)C(=O)C(=O)NCC(=O)N[C@@H](CC(=O)O)C(=O)O. The number of carboxylic acid groups (broad SMARTS) is 2. The van der Waals surface area contributed by atoms with Crippen LogP contribution in [0.25, 0.3) is 0 Å². The fourth-order valence-electron chi connectivity index (χ4n) is 4.26. The first kappa shape index (κ1) is 36.8. The Kier molecular flexibility index (Phi) is 15.1. The van der Waals surface area contributed by atoms with Gasteiger partial charge in [0.2, 0.25) is 23.5 Å². The van der Waals surface area contributed by atoms with Gasteiger partial charge >= 0.3 is 18.0 Å². The van der Waals surface area contributed by atoms with Crippen LogP contribution in [0.4, 0.5) is 4.79 Å². The summed E-state index contributed by atoms with van der Waals surface area (Å²) in [5, 5.41) is 26.9. The van der Waals surface area contributed by atoms with Crippen LogP contribution in [0.2, 0.25) is 0 Å². The minimum atomic E-state index is -1.74. The number of carbonyl (C=O) groups is 8. The van der Waals surface area contributed by atoms with Gasteiger partial charge in [0.05, 0.1) is 25.6 Å². The molecule has 0 saturated carbocycles. The van der Waals surface area contributed by atoms with Crippen molar-refractivity contribution < 1.29 is 53.3 Å². The average Bonchev–Trinajstić information content (AvgIpc) is 3.42. The lowest BCUT2D eigenvalue weighted by Crippen LogP contribution is -2.57. The molecule has 1 saturated heterocycles. The van der Waals surface area contributed by atoms with E-state index in [0.29, 0.717) is 19.3 Å². The van der Waals surface area contributed by atoms with Crippen LogP contribution in [0.15, 0.2) is 0 Å². The van der Waals surface area contributed by atoms with E-state index >= 15 is 0 Å². The maximum atomic E-state index is 13.4. The molecule has 0 bridgehead atoms. The second-order valence-corrected chi connectivity index (χ2v) is 11.0. The lowest BCUT2D eigenvalue weighted by Gasteiger charge is -2.31. The number of nitrogens with one attached hydrogen (secondary N) is 4. The van der Waals surface area contributed by atoms with Crippen molar-refractivity contribution in [3.8, 4) is 0 Å². The number of rotatable bonds is 17. The Morgan fingerprint density at radius 3 is 2.12 bits per heavy atom. The summed E-state index contributed by atoms with van der Waals surface area (Å²) in [6, 6.07) is -4.93. The standard InChI is InChI=1S/C27H43N5O11/c1-6-8-16(22(36)24(38)28-12-19(33)29-17(26(40)41)11-20(34)35)30-23(37)18-9-7-10-32(18)25(39)21(15(4)5)31-27(42)43-13-14(2)3/h14-18,21H,6-13H2,1-5H3,(H,28,38)(H,29,33)(H,30,37)(H,31,42)(H,34,35)(H,40,41)/t16?,17-,18?,21-/m0/s1. The van der Waals surface area contributed by atoms with Crippen LogP contribution in [0.3, 0.4) is 0 Å². The molecule has 0 aromatic carbocycles. The minimum absolute atomic E-state index is 0.0718. The molecule has 43 heavy (non-hydrogen) atoms. The largest absolute Gasteiger partial charge is 0.481 e. The number of nitrogens with zero attached hydrogens (tertiary/aromatic N) is 1. The fourth-order valence-corrected chi connectivity index (χ4v) is 4.26. The Labute approximate surface area is 249 Å². The summed E-state index contributed by atoms with van der Waals surface area (Å²) in [6.07, 6.45) is -0.397. The second kappa shape index (κ2) is 17.7. The molecule has 6 N–H and O–H groups in total. The number of hydrogen-bond acceptors (Lipinski definition) is 9. The molecule has 1 heterocycles. The van der Waals surface area contributed by atoms with Gasteiger partial charge in [0.15, 0.2) is 0 Å². The van der Waals surface area contributed by atoms with E-state index in [2.05, 4.69) is 10.6 Å². The van der Waals surface area contributed by atoms with Crippen molar-refractivity contribution in [2.45, 2.75) is 90.9 Å². The number of ketones is 1. The number of aliphatic carboxylic acids is 2. The van der Waals surface area contributed by atoms with Crippen molar-refractivity contribution in [3.63, 3.8) is 0 Å². The van der Waals surface area contributed by atoms with Crippen molar-refractivity contribution in [1.82, 2.24) is 26.2 Å². The molecule has 2 unspecified atom stereocenters. The Balaban J connectivity index is 2.87. The normalized spacial score (nSPS) is 16.5. The predicted molar refractivity (Wildman–Crippen MR) is 149 cm³/mol. The van der Waals surface area contributed by atoms with Crippen LogP contribution in [0.5, 0.6) is 0 Å². The van der Waals surface area contributed by atoms with E-state index in [1.165, 1.54) is 4.90 Å². The van der Waals surface area contributed by atoms with Crippen molar-refractivity contribution in [2.24, 2.45) is 11.8 Å². The zero-order valence-electron chi connectivity index (χ0n) is 25.1. The third kappa shape index (κ3) is 12.3. The number of hydrogen-bond donors (Lipinski definition) is 6. The van der Waals surface area contributed by atoms with Gasteiger partial charge < -0.3 is 41.1 Å². The van der Waals surface area contributed by atoms with Gasteiger partial charge in [0.1, 0.15) is 18.1 Å². The monoisotopic (exact) mass is 613 g/mol. The summed E-state index contributed by atoms with van der Waals surface area (Å²) in [6.45, 7) is 8.51. The van der Waals surface area contributed by atoms with Gasteiger partial charge in [-0.2, -0.15) is 0 Å². The maximum absolute atomic E-state index is 13.4. The first-order chi connectivity index (χ1) is 20.1. The first-order valence-corrected chi connectivity index (χ1v) is 14.2. The zero-order valence-corrected chi connectivity index (χ0v) is 25.1. The molecule has 0 aromatic heterocycles. The molecule has 1 aliphatic heterocycles. The molecule has 0 aromatic rings. The number of likely N-dealkylation sites (tertiary alicyclic amines) is 1. The predicted octanol–water partition coefficient (Wildman–Crippen LogP) is -0.601. The topological polar surface area (TPSA) is 238 Å². The lowest BCUT2D eigenvalue weighted by atomic mass is 10.0. The number of Topliss-reactive ketones (excluding diaryl/α,β-unsaturated/α-hetero) is 1. The highest BCUT2D eigenvalue weighted by Crippen LogP contribution is 2.21. The molecule has 0 radical (unpaired) electrons. The van der Waals surface area contributed by atoms with Crippen molar-refractivity contribution >= 4 is 47.4 Å². The molecule has 1 fully saturated rings. The summed E-state index contributed by atoms with van der Waals surface area (Å²) in [7, 11) is 0. The molecule has 1 rings (SSSR count). The summed E-state index contributed by atoms with van der Waals surface area (Å²) >= 11 is 0. The Hall–Kier alpha value is -4.24. The average molecular weight is 614 g/mol. The molecule has 242 valence electrons. The Bertz CT molecular complexity index is 1060.